The molecular formula is C20H32O. The van der Waals surface area contributed by atoms with Crippen LogP contribution in [0, 0.1) is 34.0 Å². The van der Waals surface area contributed by atoms with E-state index in [0.717, 1.165) is 11.8 Å². The van der Waals surface area contributed by atoms with E-state index in [4.69, 9.17) is 0 Å². The van der Waals surface area contributed by atoms with Crippen molar-refractivity contribution in [2.45, 2.75) is 78.2 Å². The summed E-state index contributed by atoms with van der Waals surface area (Å²) in [7, 11) is 0. The summed E-state index contributed by atoms with van der Waals surface area (Å²) in [6.45, 7) is 11.9. The molecule has 4 fully saturated rings. The van der Waals surface area contributed by atoms with E-state index in [1.54, 1.807) is 0 Å². The van der Waals surface area contributed by atoms with Crippen molar-refractivity contribution >= 4 is 0 Å². The van der Waals surface area contributed by atoms with Crippen LogP contribution in [0.3, 0.4) is 0 Å². The van der Waals surface area contributed by atoms with E-state index in [2.05, 4.69) is 27.4 Å². The molecule has 0 aromatic carbocycles. The van der Waals surface area contributed by atoms with Gasteiger partial charge in [0.25, 0.3) is 0 Å². The van der Waals surface area contributed by atoms with Crippen molar-refractivity contribution in [1.82, 2.24) is 0 Å². The Hall–Kier alpha value is -0.300. The number of hydrogen-bond donors (Lipinski definition) is 1. The highest BCUT2D eigenvalue weighted by molar-refractivity contribution is 5.27. The Morgan fingerprint density at radius 1 is 1.00 bits per heavy atom. The zero-order valence-electron chi connectivity index (χ0n) is 14.1. The first kappa shape index (κ1) is 14.3. The predicted molar refractivity (Wildman–Crippen MR) is 86.9 cm³/mol. The quantitative estimate of drug-likeness (QED) is 0.626. The van der Waals surface area contributed by atoms with Gasteiger partial charge in [0.1, 0.15) is 0 Å². The van der Waals surface area contributed by atoms with Gasteiger partial charge in [-0.25, -0.2) is 0 Å². The van der Waals surface area contributed by atoms with Gasteiger partial charge in [0.15, 0.2) is 0 Å². The lowest BCUT2D eigenvalue weighted by Crippen LogP contribution is -2.58. The molecule has 21 heavy (non-hydrogen) atoms. The van der Waals surface area contributed by atoms with Gasteiger partial charge in [-0.2, -0.15) is 0 Å². The number of fused-ring (bicyclic) bond motifs is 3. The molecule has 118 valence electrons. The molecule has 0 aliphatic heterocycles. The summed E-state index contributed by atoms with van der Waals surface area (Å²) in [6, 6.07) is 0. The summed E-state index contributed by atoms with van der Waals surface area (Å²) in [5.74, 6) is 2.20. The number of aliphatic hydroxyl groups is 1. The maximum Gasteiger partial charge on any atom is 0.0809 e. The van der Waals surface area contributed by atoms with Crippen LogP contribution in [0.5, 0.6) is 0 Å². The third-order valence-corrected chi connectivity index (χ3v) is 8.51. The van der Waals surface area contributed by atoms with Crippen LogP contribution in [0.15, 0.2) is 12.2 Å². The molecular weight excluding hydrogens is 256 g/mol. The summed E-state index contributed by atoms with van der Waals surface area (Å²) < 4.78 is 0. The monoisotopic (exact) mass is 288 g/mol. The Labute approximate surface area is 130 Å². The molecule has 4 aliphatic carbocycles. The molecule has 1 heteroatoms. The number of aliphatic hydroxyl groups excluding tert-OH is 1. The van der Waals surface area contributed by atoms with Gasteiger partial charge in [0, 0.05) is 5.41 Å². The molecule has 0 heterocycles. The maximum atomic E-state index is 11.0. The molecule has 0 aromatic heterocycles. The Morgan fingerprint density at radius 3 is 2.52 bits per heavy atom. The lowest BCUT2D eigenvalue weighted by Gasteiger charge is -2.64. The predicted octanol–water partition coefficient (Wildman–Crippen LogP) is 4.95. The first-order valence-corrected chi connectivity index (χ1v) is 9.18. The van der Waals surface area contributed by atoms with Crippen molar-refractivity contribution in [1.29, 1.82) is 0 Å². The fourth-order valence-electron chi connectivity index (χ4n) is 7.69. The third-order valence-electron chi connectivity index (χ3n) is 8.51. The van der Waals surface area contributed by atoms with Crippen molar-refractivity contribution in [3.63, 3.8) is 0 Å². The van der Waals surface area contributed by atoms with E-state index in [1.165, 1.54) is 56.9 Å². The summed E-state index contributed by atoms with van der Waals surface area (Å²) in [4.78, 5) is 0. The fourth-order valence-corrected chi connectivity index (χ4v) is 7.69. The molecule has 4 rings (SSSR count). The highest BCUT2D eigenvalue weighted by Crippen LogP contribution is 2.71. The van der Waals surface area contributed by atoms with Gasteiger partial charge in [-0.05, 0) is 79.1 Å². The van der Waals surface area contributed by atoms with E-state index in [-0.39, 0.29) is 11.5 Å². The third kappa shape index (κ3) is 1.62. The van der Waals surface area contributed by atoms with Crippen LogP contribution >= 0.6 is 0 Å². The van der Waals surface area contributed by atoms with Gasteiger partial charge in [0.05, 0.1) is 6.10 Å². The Balaban J connectivity index is 1.77. The molecule has 0 amide bonds. The molecule has 0 saturated heterocycles. The van der Waals surface area contributed by atoms with Crippen LogP contribution in [-0.4, -0.2) is 11.2 Å². The van der Waals surface area contributed by atoms with Crippen molar-refractivity contribution in [3.8, 4) is 0 Å². The molecule has 1 nitrogen and oxygen atoms in total. The van der Waals surface area contributed by atoms with Gasteiger partial charge >= 0.3 is 0 Å². The summed E-state index contributed by atoms with van der Waals surface area (Å²) in [6.07, 6.45) is 10.4. The standard InChI is InChI=1S/C20H32O/c1-13-14-6-7-16-19(4)10-5-9-18(2,3)15(19)8-11-20(16,12-14)17(13)21/h14-17,21H,1,5-12H2,2-4H3. The van der Waals surface area contributed by atoms with Gasteiger partial charge in [-0.1, -0.05) is 33.8 Å². The lowest BCUT2D eigenvalue weighted by molar-refractivity contribution is -0.167. The van der Waals surface area contributed by atoms with Crippen LogP contribution < -0.4 is 0 Å². The molecule has 2 bridgehead atoms. The minimum Gasteiger partial charge on any atom is -0.388 e. The largest absolute Gasteiger partial charge is 0.388 e. The van der Waals surface area contributed by atoms with Crippen LogP contribution in [0.1, 0.15) is 72.1 Å². The summed E-state index contributed by atoms with van der Waals surface area (Å²) in [5, 5.41) is 11.0. The molecule has 6 unspecified atom stereocenters. The highest BCUT2D eigenvalue weighted by Gasteiger charge is 2.65. The Morgan fingerprint density at radius 2 is 1.76 bits per heavy atom. The minimum atomic E-state index is -0.210. The van der Waals surface area contributed by atoms with Crippen molar-refractivity contribution in [3.05, 3.63) is 12.2 Å². The molecule has 1 N–H and O–H groups in total. The second-order valence-electron chi connectivity index (χ2n) is 9.68. The van der Waals surface area contributed by atoms with E-state index < -0.39 is 0 Å². The van der Waals surface area contributed by atoms with Gasteiger partial charge in [-0.15, -0.1) is 0 Å². The molecule has 0 aromatic rings. The second kappa shape index (κ2) is 4.16. The van der Waals surface area contributed by atoms with Gasteiger partial charge in [-0.3, -0.25) is 0 Å². The minimum absolute atomic E-state index is 0.193. The van der Waals surface area contributed by atoms with E-state index in [0.29, 0.717) is 16.7 Å². The molecule has 4 saturated carbocycles. The van der Waals surface area contributed by atoms with Crippen molar-refractivity contribution in [2.24, 2.45) is 34.0 Å². The maximum absolute atomic E-state index is 11.0. The second-order valence-corrected chi connectivity index (χ2v) is 9.68. The summed E-state index contributed by atoms with van der Waals surface area (Å²) in [5.41, 5.74) is 2.32. The smallest absolute Gasteiger partial charge is 0.0809 e. The van der Waals surface area contributed by atoms with Crippen LogP contribution in [0.25, 0.3) is 0 Å². The lowest BCUT2D eigenvalue weighted by atomic mass is 9.41. The first-order valence-electron chi connectivity index (χ1n) is 9.18. The van der Waals surface area contributed by atoms with Gasteiger partial charge in [0.2, 0.25) is 0 Å². The first-order chi connectivity index (χ1) is 9.81. The van der Waals surface area contributed by atoms with Gasteiger partial charge < -0.3 is 5.11 Å². The fraction of sp³-hybridized carbons (Fsp3) is 0.900. The van der Waals surface area contributed by atoms with E-state index in [1.807, 2.05) is 0 Å². The summed E-state index contributed by atoms with van der Waals surface area (Å²) >= 11 is 0. The van der Waals surface area contributed by atoms with Crippen LogP contribution in [-0.2, 0) is 0 Å². The average Bonchev–Trinajstić information content (AvgIpc) is 2.59. The average molecular weight is 288 g/mol. The molecule has 6 atom stereocenters. The normalized spacial score (nSPS) is 55.0. The number of hydrogen-bond acceptors (Lipinski definition) is 1. The van der Waals surface area contributed by atoms with Crippen LogP contribution in [0.2, 0.25) is 0 Å². The number of rotatable bonds is 0. The Bertz CT molecular complexity index is 478. The molecule has 4 aliphatic rings. The van der Waals surface area contributed by atoms with Crippen molar-refractivity contribution in [2.75, 3.05) is 0 Å². The van der Waals surface area contributed by atoms with E-state index >= 15 is 0 Å². The SMILES string of the molecule is C=C1C2CCC3C4(C)CCCC(C)(C)C4CCC3(C2)C1O. The van der Waals surface area contributed by atoms with E-state index in [9.17, 15) is 5.11 Å². The van der Waals surface area contributed by atoms with Crippen LogP contribution in [0.4, 0.5) is 0 Å². The Kier molecular flexibility index (Phi) is 2.83. The zero-order chi connectivity index (χ0) is 15.0. The zero-order valence-corrected chi connectivity index (χ0v) is 14.1. The molecule has 1 spiro atoms. The topological polar surface area (TPSA) is 20.2 Å². The molecule has 0 radical (unpaired) electrons. The highest BCUT2D eigenvalue weighted by atomic mass is 16.3. The van der Waals surface area contributed by atoms with Crippen molar-refractivity contribution < 1.29 is 5.11 Å².